The highest BCUT2D eigenvalue weighted by Gasteiger charge is 2.37. The Bertz CT molecular complexity index is 2840. The van der Waals surface area contributed by atoms with Crippen LogP contribution < -0.4 is 10.2 Å². The number of nitrogens with zero attached hydrogens (tertiary/aromatic N) is 1. The van der Waals surface area contributed by atoms with E-state index in [2.05, 4.69) is 236 Å². The summed E-state index contributed by atoms with van der Waals surface area (Å²) in [6.07, 6.45) is 0. The number of nitrogens with one attached hydrogen (secondary N) is 1. The third kappa shape index (κ3) is 6.16. The van der Waals surface area contributed by atoms with Gasteiger partial charge in [-0.3, -0.25) is 0 Å². The topological polar surface area (TPSA) is 15.3 Å². The molecule has 57 heavy (non-hydrogen) atoms. The minimum absolute atomic E-state index is 0.159. The van der Waals surface area contributed by atoms with Gasteiger partial charge in [-0.2, -0.15) is 0 Å². The standard InChI is InChI=1S/C55H42N2/c1-55(2)51-29-17-28-48(38-18-7-3-8-19-38)54(51)50-33-31-42(37-52(50)55)56-43-34-41(35-46(36-43)57(44-23-11-5-12-24-44)45-25-13-6-14-26-45)49-32-30-39-20-15-16-27-47(39)53(49)40-21-9-4-10-22-40/h3-37,56H,1-2H3. The molecule has 1 N–H and O–H groups in total. The van der Waals surface area contributed by atoms with Crippen LogP contribution in [0.25, 0.3) is 55.3 Å². The summed E-state index contributed by atoms with van der Waals surface area (Å²) in [6, 6.07) is 76.8. The second-order valence-corrected chi connectivity index (χ2v) is 15.5. The van der Waals surface area contributed by atoms with Crippen LogP contribution >= 0.6 is 0 Å². The predicted molar refractivity (Wildman–Crippen MR) is 242 cm³/mol. The van der Waals surface area contributed by atoms with Crippen LogP contribution in [0.5, 0.6) is 0 Å². The molecule has 1 aliphatic rings. The fourth-order valence-corrected chi connectivity index (χ4v) is 8.89. The van der Waals surface area contributed by atoms with Crippen molar-refractivity contribution in [2.24, 2.45) is 0 Å². The van der Waals surface area contributed by atoms with E-state index in [9.17, 15) is 0 Å². The maximum atomic E-state index is 3.92. The van der Waals surface area contributed by atoms with E-state index in [4.69, 9.17) is 0 Å². The second-order valence-electron chi connectivity index (χ2n) is 15.5. The van der Waals surface area contributed by atoms with E-state index in [-0.39, 0.29) is 5.41 Å². The van der Waals surface area contributed by atoms with Crippen LogP contribution in [0.4, 0.5) is 28.4 Å². The molecule has 1 aliphatic carbocycles. The Labute approximate surface area is 335 Å². The Morgan fingerprint density at radius 1 is 0.368 bits per heavy atom. The lowest BCUT2D eigenvalue weighted by atomic mass is 9.82. The molecule has 9 aromatic rings. The van der Waals surface area contributed by atoms with Crippen LogP contribution in [0, 0.1) is 0 Å². The monoisotopic (exact) mass is 730 g/mol. The van der Waals surface area contributed by atoms with Gasteiger partial charge in [0, 0.05) is 33.9 Å². The van der Waals surface area contributed by atoms with Gasteiger partial charge in [-0.25, -0.2) is 0 Å². The summed E-state index contributed by atoms with van der Waals surface area (Å²) >= 11 is 0. The maximum Gasteiger partial charge on any atom is 0.0488 e. The zero-order chi connectivity index (χ0) is 38.3. The fourth-order valence-electron chi connectivity index (χ4n) is 8.89. The van der Waals surface area contributed by atoms with E-state index < -0.39 is 0 Å². The van der Waals surface area contributed by atoms with Crippen molar-refractivity contribution in [2.75, 3.05) is 10.2 Å². The van der Waals surface area contributed by atoms with Gasteiger partial charge in [-0.15, -0.1) is 0 Å². The molecule has 0 spiro atoms. The van der Waals surface area contributed by atoms with Gasteiger partial charge in [0.1, 0.15) is 0 Å². The number of anilines is 5. The van der Waals surface area contributed by atoms with Crippen molar-refractivity contribution in [1.82, 2.24) is 0 Å². The molecule has 0 radical (unpaired) electrons. The van der Waals surface area contributed by atoms with E-state index >= 15 is 0 Å². The molecule has 2 nitrogen and oxygen atoms in total. The van der Waals surface area contributed by atoms with Crippen molar-refractivity contribution >= 4 is 39.2 Å². The zero-order valence-corrected chi connectivity index (χ0v) is 32.2. The quantitative estimate of drug-likeness (QED) is 0.167. The summed E-state index contributed by atoms with van der Waals surface area (Å²) in [5.41, 5.74) is 17.8. The lowest BCUT2D eigenvalue weighted by Crippen LogP contribution is -2.15. The highest BCUT2D eigenvalue weighted by atomic mass is 15.1. The van der Waals surface area contributed by atoms with Gasteiger partial charge in [-0.05, 0) is 121 Å². The molecule has 272 valence electrons. The number of hydrogen-bond acceptors (Lipinski definition) is 2. The third-order valence-electron chi connectivity index (χ3n) is 11.6. The lowest BCUT2D eigenvalue weighted by molar-refractivity contribution is 0.661. The number of para-hydroxylation sites is 2. The molecule has 0 saturated carbocycles. The number of rotatable bonds is 8. The highest BCUT2D eigenvalue weighted by molar-refractivity contribution is 6.05. The van der Waals surface area contributed by atoms with Crippen LogP contribution in [-0.2, 0) is 5.41 Å². The SMILES string of the molecule is CC1(C)c2cc(Nc3cc(-c4ccc5ccccc5c4-c4ccccc4)cc(N(c4ccccc4)c4ccccc4)c3)ccc2-c2c(-c3ccccc3)cccc21. The van der Waals surface area contributed by atoms with Crippen molar-refractivity contribution in [1.29, 1.82) is 0 Å². The third-order valence-corrected chi connectivity index (χ3v) is 11.6. The van der Waals surface area contributed by atoms with Gasteiger partial charge in [0.15, 0.2) is 0 Å². The van der Waals surface area contributed by atoms with Gasteiger partial charge >= 0.3 is 0 Å². The summed E-state index contributed by atoms with van der Waals surface area (Å²) < 4.78 is 0. The first-order valence-corrected chi connectivity index (χ1v) is 19.8. The number of benzene rings is 9. The summed E-state index contributed by atoms with van der Waals surface area (Å²) in [6.45, 7) is 4.72. The first kappa shape index (κ1) is 34.3. The van der Waals surface area contributed by atoms with E-state index in [0.717, 1.165) is 34.0 Å². The molecule has 0 fully saturated rings. The Balaban J connectivity index is 1.15. The molecule has 10 rings (SSSR count). The molecule has 0 heterocycles. The molecule has 2 heteroatoms. The molecule has 0 atom stereocenters. The fraction of sp³-hybridized carbons (Fsp3) is 0.0545. The zero-order valence-electron chi connectivity index (χ0n) is 32.2. The van der Waals surface area contributed by atoms with Crippen LogP contribution in [0.15, 0.2) is 212 Å². The van der Waals surface area contributed by atoms with Crippen molar-refractivity contribution in [3.05, 3.63) is 223 Å². The van der Waals surface area contributed by atoms with Gasteiger partial charge in [0.2, 0.25) is 0 Å². The van der Waals surface area contributed by atoms with Crippen molar-refractivity contribution in [2.45, 2.75) is 19.3 Å². The Hall–Kier alpha value is -7.16. The molecule has 0 unspecified atom stereocenters. The average Bonchev–Trinajstić information content (AvgIpc) is 3.50. The minimum Gasteiger partial charge on any atom is -0.355 e. The molecular formula is C55H42N2. The first-order valence-electron chi connectivity index (χ1n) is 19.8. The van der Waals surface area contributed by atoms with Crippen LogP contribution in [-0.4, -0.2) is 0 Å². The summed E-state index contributed by atoms with van der Waals surface area (Å²) in [5.74, 6) is 0. The number of fused-ring (bicyclic) bond motifs is 4. The highest BCUT2D eigenvalue weighted by Crippen LogP contribution is 2.53. The van der Waals surface area contributed by atoms with Gasteiger partial charge < -0.3 is 10.2 Å². The van der Waals surface area contributed by atoms with Crippen LogP contribution in [0.1, 0.15) is 25.0 Å². The first-order chi connectivity index (χ1) is 28.0. The van der Waals surface area contributed by atoms with Gasteiger partial charge in [-0.1, -0.05) is 172 Å². The molecule has 0 saturated heterocycles. The van der Waals surface area contributed by atoms with Crippen molar-refractivity contribution in [3.63, 3.8) is 0 Å². The Morgan fingerprint density at radius 3 is 1.67 bits per heavy atom. The summed E-state index contributed by atoms with van der Waals surface area (Å²) in [7, 11) is 0. The largest absolute Gasteiger partial charge is 0.355 e. The summed E-state index contributed by atoms with van der Waals surface area (Å²) in [4.78, 5) is 2.35. The molecule has 0 aliphatic heterocycles. The van der Waals surface area contributed by atoms with Crippen LogP contribution in [0.3, 0.4) is 0 Å². The Morgan fingerprint density at radius 2 is 0.965 bits per heavy atom. The van der Waals surface area contributed by atoms with E-state index in [0.29, 0.717) is 0 Å². The predicted octanol–water partition coefficient (Wildman–Crippen LogP) is 15.4. The van der Waals surface area contributed by atoms with E-state index in [1.165, 1.54) is 60.8 Å². The van der Waals surface area contributed by atoms with Gasteiger partial charge in [0.05, 0.1) is 0 Å². The van der Waals surface area contributed by atoms with Crippen molar-refractivity contribution < 1.29 is 0 Å². The normalized spacial score (nSPS) is 12.5. The minimum atomic E-state index is -0.159. The maximum absolute atomic E-state index is 3.92. The van der Waals surface area contributed by atoms with Crippen molar-refractivity contribution in [3.8, 4) is 44.5 Å². The average molecular weight is 731 g/mol. The van der Waals surface area contributed by atoms with E-state index in [1.54, 1.807) is 0 Å². The van der Waals surface area contributed by atoms with E-state index in [1.807, 2.05) is 0 Å². The molecule has 0 amide bonds. The summed E-state index contributed by atoms with van der Waals surface area (Å²) in [5, 5.41) is 6.38. The smallest absolute Gasteiger partial charge is 0.0488 e. The Kier molecular flexibility index (Phi) is 8.53. The molecule has 0 aromatic heterocycles. The molecule has 9 aromatic carbocycles. The molecule has 0 bridgehead atoms. The van der Waals surface area contributed by atoms with Gasteiger partial charge in [0.25, 0.3) is 0 Å². The second kappa shape index (κ2) is 14.2. The number of hydrogen-bond donors (Lipinski definition) is 1. The van der Waals surface area contributed by atoms with Crippen LogP contribution in [0.2, 0.25) is 0 Å². The molecular weight excluding hydrogens is 689 g/mol. The lowest BCUT2D eigenvalue weighted by Gasteiger charge is -2.27.